The third-order valence-corrected chi connectivity index (χ3v) is 3.99. The third-order valence-electron chi connectivity index (χ3n) is 3.99. The molecule has 0 bridgehead atoms. The number of aliphatic hydroxyl groups is 1. The SMILES string of the molecule is CC1CCC(CO)(N2CC=CC2)CC1. The van der Waals surface area contributed by atoms with Crippen LogP contribution in [0.1, 0.15) is 32.6 Å². The molecule has 0 amide bonds. The highest BCUT2D eigenvalue weighted by molar-refractivity contribution is 5.04. The van der Waals surface area contributed by atoms with Gasteiger partial charge in [0.1, 0.15) is 0 Å². The van der Waals surface area contributed by atoms with Gasteiger partial charge in [-0.3, -0.25) is 4.90 Å². The van der Waals surface area contributed by atoms with Crippen molar-refractivity contribution in [3.05, 3.63) is 12.2 Å². The van der Waals surface area contributed by atoms with Crippen molar-refractivity contribution in [1.29, 1.82) is 0 Å². The van der Waals surface area contributed by atoms with Gasteiger partial charge < -0.3 is 5.11 Å². The van der Waals surface area contributed by atoms with Gasteiger partial charge in [-0.1, -0.05) is 19.1 Å². The molecule has 1 aliphatic heterocycles. The van der Waals surface area contributed by atoms with Crippen LogP contribution in [-0.4, -0.2) is 35.2 Å². The molecule has 0 aromatic carbocycles. The minimum Gasteiger partial charge on any atom is -0.394 e. The van der Waals surface area contributed by atoms with E-state index in [2.05, 4.69) is 24.0 Å². The fourth-order valence-electron chi connectivity index (χ4n) is 2.74. The first-order valence-corrected chi connectivity index (χ1v) is 5.78. The highest BCUT2D eigenvalue weighted by atomic mass is 16.3. The molecule has 0 aromatic rings. The van der Waals surface area contributed by atoms with Crippen molar-refractivity contribution in [1.82, 2.24) is 4.90 Å². The zero-order valence-electron chi connectivity index (χ0n) is 9.08. The molecule has 0 aromatic heterocycles. The summed E-state index contributed by atoms with van der Waals surface area (Å²) >= 11 is 0. The summed E-state index contributed by atoms with van der Waals surface area (Å²) < 4.78 is 0. The van der Waals surface area contributed by atoms with E-state index in [-0.39, 0.29) is 5.54 Å². The zero-order valence-corrected chi connectivity index (χ0v) is 9.08. The van der Waals surface area contributed by atoms with Crippen molar-refractivity contribution in [2.45, 2.75) is 38.1 Å². The first-order valence-electron chi connectivity index (χ1n) is 5.78. The molecular weight excluding hydrogens is 174 g/mol. The minimum atomic E-state index is 0.107. The lowest BCUT2D eigenvalue weighted by Crippen LogP contribution is -2.52. The average Bonchev–Trinajstić information content (AvgIpc) is 2.73. The Morgan fingerprint density at radius 1 is 1.29 bits per heavy atom. The van der Waals surface area contributed by atoms with Gasteiger partial charge >= 0.3 is 0 Å². The number of aliphatic hydroxyl groups excluding tert-OH is 1. The Balaban J connectivity index is 2.02. The summed E-state index contributed by atoms with van der Waals surface area (Å²) in [5.74, 6) is 0.852. The molecule has 1 aliphatic carbocycles. The molecule has 2 rings (SSSR count). The van der Waals surface area contributed by atoms with Crippen LogP contribution in [0.3, 0.4) is 0 Å². The summed E-state index contributed by atoms with van der Waals surface area (Å²) in [4.78, 5) is 2.44. The van der Waals surface area contributed by atoms with Gasteiger partial charge in [-0.25, -0.2) is 0 Å². The van der Waals surface area contributed by atoms with E-state index in [1.54, 1.807) is 0 Å². The van der Waals surface area contributed by atoms with Crippen LogP contribution >= 0.6 is 0 Å². The predicted molar refractivity (Wildman–Crippen MR) is 58.2 cm³/mol. The van der Waals surface area contributed by atoms with E-state index >= 15 is 0 Å². The van der Waals surface area contributed by atoms with Gasteiger partial charge in [0.2, 0.25) is 0 Å². The summed E-state index contributed by atoms with van der Waals surface area (Å²) in [5, 5.41) is 9.62. The number of hydrogen-bond acceptors (Lipinski definition) is 2. The Bertz CT molecular complexity index is 208. The lowest BCUT2D eigenvalue weighted by Gasteiger charge is -2.45. The van der Waals surface area contributed by atoms with Crippen molar-refractivity contribution in [2.24, 2.45) is 5.92 Å². The van der Waals surface area contributed by atoms with Gasteiger partial charge in [0.25, 0.3) is 0 Å². The first kappa shape index (κ1) is 10.2. The molecular formula is C12H21NO. The van der Waals surface area contributed by atoms with E-state index in [0.29, 0.717) is 6.61 Å². The molecule has 80 valence electrons. The van der Waals surface area contributed by atoms with Crippen LogP contribution in [0.25, 0.3) is 0 Å². The van der Waals surface area contributed by atoms with Crippen LogP contribution in [0.5, 0.6) is 0 Å². The third kappa shape index (κ3) is 1.73. The Morgan fingerprint density at radius 3 is 2.36 bits per heavy atom. The van der Waals surface area contributed by atoms with Crippen molar-refractivity contribution in [2.75, 3.05) is 19.7 Å². The van der Waals surface area contributed by atoms with Crippen molar-refractivity contribution in [3.8, 4) is 0 Å². The molecule has 1 fully saturated rings. The maximum absolute atomic E-state index is 9.62. The van der Waals surface area contributed by atoms with Crippen LogP contribution in [0, 0.1) is 5.92 Å². The summed E-state index contributed by atoms with van der Waals surface area (Å²) in [5.41, 5.74) is 0.107. The van der Waals surface area contributed by atoms with Gasteiger partial charge in [-0.05, 0) is 31.6 Å². The second-order valence-corrected chi connectivity index (χ2v) is 4.94. The molecule has 1 heterocycles. The standard InChI is InChI=1S/C12H21NO/c1-11-4-6-12(10-14,7-5-11)13-8-2-3-9-13/h2-3,11,14H,4-10H2,1H3. The smallest absolute Gasteiger partial charge is 0.0615 e. The highest BCUT2D eigenvalue weighted by Gasteiger charge is 2.38. The second-order valence-electron chi connectivity index (χ2n) is 4.94. The Hall–Kier alpha value is -0.340. The van der Waals surface area contributed by atoms with Crippen molar-refractivity contribution < 1.29 is 5.11 Å². The second kappa shape index (κ2) is 4.03. The van der Waals surface area contributed by atoms with Crippen LogP contribution in [-0.2, 0) is 0 Å². The summed E-state index contributed by atoms with van der Waals surface area (Å²) in [7, 11) is 0. The van der Waals surface area contributed by atoms with E-state index in [1.807, 2.05) is 0 Å². The van der Waals surface area contributed by atoms with Gasteiger partial charge in [0, 0.05) is 18.6 Å². The van der Waals surface area contributed by atoms with Crippen LogP contribution in [0.2, 0.25) is 0 Å². The van der Waals surface area contributed by atoms with Crippen molar-refractivity contribution in [3.63, 3.8) is 0 Å². The molecule has 2 aliphatic rings. The number of hydrogen-bond donors (Lipinski definition) is 1. The van der Waals surface area contributed by atoms with Crippen molar-refractivity contribution >= 4 is 0 Å². The molecule has 0 spiro atoms. The summed E-state index contributed by atoms with van der Waals surface area (Å²) in [6.45, 7) is 4.73. The molecule has 0 radical (unpaired) electrons. The van der Waals surface area contributed by atoms with Gasteiger partial charge in [-0.2, -0.15) is 0 Å². The lowest BCUT2D eigenvalue weighted by atomic mass is 9.76. The molecule has 2 heteroatoms. The molecule has 0 unspecified atom stereocenters. The van der Waals surface area contributed by atoms with Crippen LogP contribution in [0.15, 0.2) is 12.2 Å². The van der Waals surface area contributed by atoms with Gasteiger partial charge in [0.05, 0.1) is 6.61 Å². The topological polar surface area (TPSA) is 23.5 Å². The molecule has 0 atom stereocenters. The lowest BCUT2D eigenvalue weighted by molar-refractivity contribution is 0.0104. The zero-order chi connectivity index (χ0) is 10.0. The monoisotopic (exact) mass is 195 g/mol. The number of rotatable bonds is 2. The Morgan fingerprint density at radius 2 is 1.86 bits per heavy atom. The fraction of sp³-hybridized carbons (Fsp3) is 0.833. The van der Waals surface area contributed by atoms with Gasteiger partial charge in [-0.15, -0.1) is 0 Å². The van der Waals surface area contributed by atoms with E-state index in [4.69, 9.17) is 0 Å². The van der Waals surface area contributed by atoms with E-state index in [1.165, 1.54) is 25.7 Å². The van der Waals surface area contributed by atoms with E-state index in [0.717, 1.165) is 19.0 Å². The largest absolute Gasteiger partial charge is 0.394 e. The van der Waals surface area contributed by atoms with E-state index in [9.17, 15) is 5.11 Å². The molecule has 1 saturated carbocycles. The average molecular weight is 195 g/mol. The van der Waals surface area contributed by atoms with Gasteiger partial charge in [0.15, 0.2) is 0 Å². The predicted octanol–water partition coefficient (Wildman–Crippen LogP) is 1.80. The highest BCUT2D eigenvalue weighted by Crippen LogP contribution is 2.36. The number of nitrogens with zero attached hydrogens (tertiary/aromatic N) is 1. The maximum atomic E-state index is 9.62. The van der Waals surface area contributed by atoms with E-state index < -0.39 is 0 Å². The maximum Gasteiger partial charge on any atom is 0.0615 e. The molecule has 1 N–H and O–H groups in total. The quantitative estimate of drug-likeness (QED) is 0.679. The van der Waals surface area contributed by atoms with Crippen LogP contribution in [0.4, 0.5) is 0 Å². The summed E-state index contributed by atoms with van der Waals surface area (Å²) in [6.07, 6.45) is 9.33. The van der Waals surface area contributed by atoms with Crippen LogP contribution < -0.4 is 0 Å². The first-order chi connectivity index (χ1) is 6.77. The Labute approximate surface area is 86.6 Å². The fourth-order valence-corrected chi connectivity index (χ4v) is 2.74. The molecule has 14 heavy (non-hydrogen) atoms. The summed E-state index contributed by atoms with van der Waals surface area (Å²) in [6, 6.07) is 0. The molecule has 2 nitrogen and oxygen atoms in total. The Kier molecular flexibility index (Phi) is 2.93. The normalized spacial score (nSPS) is 39.1. The molecule has 0 saturated heterocycles. The minimum absolute atomic E-state index is 0.107.